The summed E-state index contributed by atoms with van der Waals surface area (Å²) >= 11 is 0. The van der Waals surface area contributed by atoms with Crippen molar-refractivity contribution in [2.24, 2.45) is 0 Å². The van der Waals surface area contributed by atoms with Crippen molar-refractivity contribution in [1.29, 1.82) is 5.26 Å². The number of amides is 1. The Morgan fingerprint density at radius 2 is 2.58 bits per heavy atom. The van der Waals surface area contributed by atoms with Gasteiger partial charge in [0.2, 0.25) is 5.91 Å². The number of hydrogen-bond donors (Lipinski definition) is 1. The van der Waals surface area contributed by atoms with Gasteiger partial charge in [-0.05, 0) is 19.8 Å². The third kappa shape index (κ3) is 2.21. The van der Waals surface area contributed by atoms with Crippen LogP contribution in [0.3, 0.4) is 0 Å². The second kappa shape index (κ2) is 4.07. The van der Waals surface area contributed by atoms with Crippen LogP contribution in [0.15, 0.2) is 0 Å². The Hall–Kier alpha value is -1.08. The highest BCUT2D eigenvalue weighted by molar-refractivity contribution is 5.81. The van der Waals surface area contributed by atoms with Crippen LogP contribution in [-0.4, -0.2) is 24.7 Å². The molecule has 0 aromatic heterocycles. The van der Waals surface area contributed by atoms with Crippen LogP contribution < -0.4 is 5.32 Å². The molecule has 0 saturated carbocycles. The highest BCUT2D eigenvalue weighted by Gasteiger charge is 2.24. The lowest BCUT2D eigenvalue weighted by atomic mass is 10.2. The maximum absolute atomic E-state index is 11.2. The molecule has 0 aromatic rings. The van der Waals surface area contributed by atoms with Crippen molar-refractivity contribution < 1.29 is 9.53 Å². The predicted octanol–water partition coefficient (Wildman–Crippen LogP) is 0.194. The van der Waals surface area contributed by atoms with Gasteiger partial charge in [0.05, 0.1) is 6.07 Å². The van der Waals surface area contributed by atoms with E-state index in [9.17, 15) is 4.79 Å². The molecule has 1 fully saturated rings. The fourth-order valence-corrected chi connectivity index (χ4v) is 1.12. The number of rotatable bonds is 2. The van der Waals surface area contributed by atoms with Gasteiger partial charge in [-0.15, -0.1) is 0 Å². The van der Waals surface area contributed by atoms with Crippen molar-refractivity contribution in [2.45, 2.75) is 31.9 Å². The summed E-state index contributed by atoms with van der Waals surface area (Å²) < 4.78 is 5.14. The van der Waals surface area contributed by atoms with Crippen molar-refractivity contribution in [3.8, 4) is 6.07 Å². The van der Waals surface area contributed by atoms with Crippen LogP contribution in [0, 0.1) is 11.3 Å². The van der Waals surface area contributed by atoms with Gasteiger partial charge < -0.3 is 10.1 Å². The van der Waals surface area contributed by atoms with Crippen LogP contribution in [0.5, 0.6) is 0 Å². The number of nitrogens with one attached hydrogen (secondary N) is 1. The summed E-state index contributed by atoms with van der Waals surface area (Å²) in [6.07, 6.45) is 1.36. The molecule has 0 bridgehead atoms. The van der Waals surface area contributed by atoms with Gasteiger partial charge >= 0.3 is 0 Å². The summed E-state index contributed by atoms with van der Waals surface area (Å²) in [4.78, 5) is 11.2. The molecule has 4 heteroatoms. The minimum Gasteiger partial charge on any atom is -0.368 e. The van der Waals surface area contributed by atoms with Crippen LogP contribution in [0.25, 0.3) is 0 Å². The largest absolute Gasteiger partial charge is 0.368 e. The monoisotopic (exact) mass is 168 g/mol. The summed E-state index contributed by atoms with van der Waals surface area (Å²) in [5.74, 6) is -0.165. The lowest BCUT2D eigenvalue weighted by Crippen LogP contribution is -2.39. The highest BCUT2D eigenvalue weighted by Crippen LogP contribution is 2.11. The standard InChI is InChI=1S/C8H12N2O2/c1-6(5-9)10-8(11)7-3-2-4-12-7/h6-7H,2-4H2,1H3,(H,10,11)/t6-,7+/m1/s1. The summed E-state index contributed by atoms with van der Waals surface area (Å²) in [7, 11) is 0. The fourth-order valence-electron chi connectivity index (χ4n) is 1.12. The molecule has 0 aromatic carbocycles. The first-order valence-corrected chi connectivity index (χ1v) is 4.05. The molecule has 12 heavy (non-hydrogen) atoms. The highest BCUT2D eigenvalue weighted by atomic mass is 16.5. The van der Waals surface area contributed by atoms with Crippen LogP contribution in [-0.2, 0) is 9.53 Å². The van der Waals surface area contributed by atoms with Gasteiger partial charge in [0.25, 0.3) is 0 Å². The Morgan fingerprint density at radius 3 is 3.08 bits per heavy atom. The first-order chi connectivity index (χ1) is 5.74. The number of hydrogen-bond acceptors (Lipinski definition) is 3. The molecule has 0 unspecified atom stereocenters. The van der Waals surface area contributed by atoms with Gasteiger partial charge in [0, 0.05) is 6.61 Å². The van der Waals surface area contributed by atoms with Crippen molar-refractivity contribution in [1.82, 2.24) is 5.32 Å². The van der Waals surface area contributed by atoms with Crippen LogP contribution in [0.1, 0.15) is 19.8 Å². The first kappa shape index (κ1) is 9.01. The van der Waals surface area contributed by atoms with E-state index in [1.807, 2.05) is 6.07 Å². The van der Waals surface area contributed by atoms with E-state index in [0.29, 0.717) is 6.61 Å². The average molecular weight is 168 g/mol. The molecule has 2 atom stereocenters. The molecule has 1 aliphatic rings. The lowest BCUT2D eigenvalue weighted by molar-refractivity contribution is -0.130. The topological polar surface area (TPSA) is 62.1 Å². The molecular formula is C8H12N2O2. The summed E-state index contributed by atoms with van der Waals surface area (Å²) in [5, 5.41) is 11.0. The van der Waals surface area contributed by atoms with E-state index in [2.05, 4.69) is 5.32 Å². The zero-order valence-electron chi connectivity index (χ0n) is 7.04. The van der Waals surface area contributed by atoms with E-state index in [1.54, 1.807) is 6.92 Å². The molecule has 1 heterocycles. The van der Waals surface area contributed by atoms with E-state index in [-0.39, 0.29) is 12.0 Å². The number of ether oxygens (including phenoxy) is 1. The molecule has 0 spiro atoms. The van der Waals surface area contributed by atoms with Gasteiger partial charge in [-0.2, -0.15) is 5.26 Å². The normalized spacial score (nSPS) is 24.5. The fraction of sp³-hybridized carbons (Fsp3) is 0.750. The molecule has 1 aliphatic heterocycles. The number of nitriles is 1. The maximum Gasteiger partial charge on any atom is 0.250 e. The van der Waals surface area contributed by atoms with Crippen molar-refractivity contribution >= 4 is 5.91 Å². The van der Waals surface area contributed by atoms with Gasteiger partial charge in [-0.1, -0.05) is 0 Å². The molecule has 0 radical (unpaired) electrons. The summed E-state index contributed by atoms with van der Waals surface area (Å²) in [5.41, 5.74) is 0. The Bertz CT molecular complexity index is 204. The lowest BCUT2D eigenvalue weighted by Gasteiger charge is -2.10. The van der Waals surface area contributed by atoms with Crippen molar-refractivity contribution in [2.75, 3.05) is 6.61 Å². The summed E-state index contributed by atoms with van der Waals surface area (Å²) in [6, 6.07) is 1.50. The average Bonchev–Trinajstić information content (AvgIpc) is 2.56. The second-order valence-corrected chi connectivity index (χ2v) is 2.86. The number of nitrogens with zero attached hydrogens (tertiary/aromatic N) is 1. The minimum absolute atomic E-state index is 0.165. The van der Waals surface area contributed by atoms with Crippen molar-refractivity contribution in [3.05, 3.63) is 0 Å². The third-order valence-electron chi connectivity index (χ3n) is 1.77. The first-order valence-electron chi connectivity index (χ1n) is 4.05. The zero-order chi connectivity index (χ0) is 8.97. The molecule has 0 aliphatic carbocycles. The van der Waals surface area contributed by atoms with E-state index in [4.69, 9.17) is 10.00 Å². The van der Waals surface area contributed by atoms with Crippen LogP contribution in [0.2, 0.25) is 0 Å². The minimum atomic E-state index is -0.429. The van der Waals surface area contributed by atoms with Crippen LogP contribution in [0.4, 0.5) is 0 Å². The van der Waals surface area contributed by atoms with Crippen LogP contribution >= 0.6 is 0 Å². The quantitative estimate of drug-likeness (QED) is 0.640. The van der Waals surface area contributed by atoms with E-state index < -0.39 is 6.04 Å². The Kier molecular flexibility index (Phi) is 3.06. The summed E-state index contributed by atoms with van der Waals surface area (Å²) in [6.45, 7) is 2.30. The Labute approximate surface area is 71.5 Å². The molecule has 4 nitrogen and oxygen atoms in total. The molecule has 1 amide bonds. The predicted molar refractivity (Wildman–Crippen MR) is 42.2 cm³/mol. The van der Waals surface area contributed by atoms with E-state index >= 15 is 0 Å². The van der Waals surface area contributed by atoms with Crippen molar-refractivity contribution in [3.63, 3.8) is 0 Å². The number of carbonyl (C=O) groups excluding carboxylic acids is 1. The van der Waals surface area contributed by atoms with E-state index in [1.165, 1.54) is 0 Å². The zero-order valence-corrected chi connectivity index (χ0v) is 7.04. The smallest absolute Gasteiger partial charge is 0.250 e. The second-order valence-electron chi connectivity index (χ2n) is 2.86. The molecule has 1 rings (SSSR count). The third-order valence-corrected chi connectivity index (χ3v) is 1.77. The molecular weight excluding hydrogens is 156 g/mol. The maximum atomic E-state index is 11.2. The van der Waals surface area contributed by atoms with Gasteiger partial charge in [0.1, 0.15) is 12.1 Å². The van der Waals surface area contributed by atoms with Gasteiger partial charge in [0.15, 0.2) is 0 Å². The molecule has 1 N–H and O–H groups in total. The molecule has 1 saturated heterocycles. The van der Waals surface area contributed by atoms with E-state index in [0.717, 1.165) is 12.8 Å². The van der Waals surface area contributed by atoms with Gasteiger partial charge in [-0.3, -0.25) is 4.79 Å². The SMILES string of the molecule is C[C@H](C#N)NC(=O)[C@@H]1CCCO1. The van der Waals surface area contributed by atoms with Gasteiger partial charge in [-0.25, -0.2) is 0 Å². The number of carbonyl (C=O) groups is 1. The Morgan fingerprint density at radius 1 is 1.83 bits per heavy atom. The Balaban J connectivity index is 2.33. The molecule has 66 valence electrons.